The van der Waals surface area contributed by atoms with Crippen molar-refractivity contribution in [3.8, 4) is 0 Å². The van der Waals surface area contributed by atoms with Crippen molar-refractivity contribution in [3.05, 3.63) is 0 Å². The fourth-order valence-electron chi connectivity index (χ4n) is 2.49. The lowest BCUT2D eigenvalue weighted by molar-refractivity contribution is -0.161. The number of carboxylic acids is 1. The van der Waals surface area contributed by atoms with Crippen LogP contribution >= 0.6 is 0 Å². The number of hydrogen-bond donors (Lipinski definition) is 1. The summed E-state index contributed by atoms with van der Waals surface area (Å²) in [5.74, 6) is -1.37. The summed E-state index contributed by atoms with van der Waals surface area (Å²) in [5, 5.41) is 8.57. The minimum Gasteiger partial charge on any atom is -0.481 e. The Bertz CT molecular complexity index is 513. The van der Waals surface area contributed by atoms with Gasteiger partial charge in [0, 0.05) is 12.6 Å². The minimum atomic E-state index is -3.03. The molecular formula is C13H21NO6S. The molecule has 2 unspecified atom stereocenters. The van der Waals surface area contributed by atoms with Crippen LogP contribution in [-0.4, -0.2) is 66.6 Å². The van der Waals surface area contributed by atoms with E-state index in [2.05, 4.69) is 0 Å². The molecule has 21 heavy (non-hydrogen) atoms. The lowest BCUT2D eigenvalue weighted by atomic mass is 10.1. The summed E-state index contributed by atoms with van der Waals surface area (Å²) < 4.78 is 28.9. The van der Waals surface area contributed by atoms with Crippen molar-refractivity contribution in [2.45, 2.75) is 50.0 Å². The van der Waals surface area contributed by atoms with Crippen molar-refractivity contribution in [1.29, 1.82) is 0 Å². The normalized spacial score (nSPS) is 24.9. The molecule has 0 bridgehead atoms. The van der Waals surface area contributed by atoms with E-state index >= 15 is 0 Å². The fourth-order valence-corrected chi connectivity index (χ4v) is 4.34. The zero-order valence-electron chi connectivity index (χ0n) is 12.0. The van der Waals surface area contributed by atoms with E-state index in [9.17, 15) is 18.0 Å². The van der Waals surface area contributed by atoms with Gasteiger partial charge in [-0.2, -0.15) is 0 Å². The Hall–Kier alpha value is -1.15. The van der Waals surface area contributed by atoms with E-state index in [1.54, 1.807) is 11.8 Å². The van der Waals surface area contributed by atoms with Crippen molar-refractivity contribution in [3.63, 3.8) is 0 Å². The standard InChI is InChI=1S/C13H21NO6S/c1-9(4-7-21(18,19)10-2-3-10)14-5-6-20-11(13(14)17)8-12(15)16/h9-11H,2-8H2,1H3,(H,15,16). The number of sulfone groups is 1. The predicted octanol–water partition coefficient (Wildman–Crippen LogP) is 0.0443. The third-order valence-electron chi connectivity index (χ3n) is 3.95. The molecule has 1 saturated carbocycles. The number of carboxylic acid groups (broad SMARTS) is 1. The summed E-state index contributed by atoms with van der Waals surface area (Å²) in [6, 6.07) is -0.230. The molecule has 0 radical (unpaired) electrons. The van der Waals surface area contributed by atoms with Gasteiger partial charge in [-0.3, -0.25) is 9.59 Å². The van der Waals surface area contributed by atoms with Gasteiger partial charge in [-0.05, 0) is 26.2 Å². The SMILES string of the molecule is CC(CCS(=O)(=O)C1CC1)N1CCOC(CC(=O)O)C1=O. The van der Waals surface area contributed by atoms with E-state index in [0.717, 1.165) is 12.8 Å². The van der Waals surface area contributed by atoms with Crippen LogP contribution in [0.25, 0.3) is 0 Å². The van der Waals surface area contributed by atoms with Crippen LogP contribution in [0.2, 0.25) is 0 Å². The summed E-state index contributed by atoms with van der Waals surface area (Å²) in [7, 11) is -3.03. The Morgan fingerprint density at radius 3 is 2.71 bits per heavy atom. The first-order valence-electron chi connectivity index (χ1n) is 7.16. The van der Waals surface area contributed by atoms with Crippen LogP contribution in [0.5, 0.6) is 0 Å². The topological polar surface area (TPSA) is 101 Å². The van der Waals surface area contributed by atoms with Crippen molar-refractivity contribution in [1.82, 2.24) is 4.90 Å². The largest absolute Gasteiger partial charge is 0.481 e. The molecule has 2 fully saturated rings. The van der Waals surface area contributed by atoms with Crippen molar-refractivity contribution < 1.29 is 27.9 Å². The zero-order valence-corrected chi connectivity index (χ0v) is 12.8. The first-order valence-corrected chi connectivity index (χ1v) is 8.88. The summed E-state index contributed by atoms with van der Waals surface area (Å²) in [4.78, 5) is 24.4. The number of carbonyl (C=O) groups excluding carboxylic acids is 1. The molecule has 2 aliphatic rings. The van der Waals surface area contributed by atoms with Gasteiger partial charge >= 0.3 is 5.97 Å². The Labute approximate surface area is 124 Å². The van der Waals surface area contributed by atoms with E-state index < -0.39 is 21.9 Å². The summed E-state index contributed by atoms with van der Waals surface area (Å²) >= 11 is 0. The second-order valence-electron chi connectivity index (χ2n) is 5.69. The molecular weight excluding hydrogens is 298 g/mol. The minimum absolute atomic E-state index is 0.0765. The van der Waals surface area contributed by atoms with E-state index in [-0.39, 0.29) is 36.0 Å². The Morgan fingerprint density at radius 1 is 1.48 bits per heavy atom. The van der Waals surface area contributed by atoms with Gasteiger partial charge in [0.2, 0.25) is 0 Å². The van der Waals surface area contributed by atoms with Gasteiger partial charge in [-0.15, -0.1) is 0 Å². The molecule has 1 N–H and O–H groups in total. The van der Waals surface area contributed by atoms with Crippen LogP contribution in [0.3, 0.4) is 0 Å². The number of aliphatic carboxylic acids is 1. The van der Waals surface area contributed by atoms with Gasteiger partial charge in [0.15, 0.2) is 9.84 Å². The van der Waals surface area contributed by atoms with Gasteiger partial charge in [0.05, 0.1) is 24.0 Å². The maximum absolute atomic E-state index is 12.2. The van der Waals surface area contributed by atoms with Crippen LogP contribution in [0.15, 0.2) is 0 Å². The predicted molar refractivity (Wildman–Crippen MR) is 74.6 cm³/mol. The quantitative estimate of drug-likeness (QED) is 0.711. The third-order valence-corrected chi connectivity index (χ3v) is 6.25. The first kappa shape index (κ1) is 16.2. The first-order chi connectivity index (χ1) is 9.81. The molecule has 1 amide bonds. The molecule has 8 heteroatoms. The Morgan fingerprint density at radius 2 is 2.14 bits per heavy atom. The van der Waals surface area contributed by atoms with Crippen LogP contribution in [0.1, 0.15) is 32.6 Å². The molecule has 7 nitrogen and oxygen atoms in total. The summed E-state index contributed by atoms with van der Waals surface area (Å²) in [6.07, 6.45) is 0.549. The van der Waals surface area contributed by atoms with E-state index in [4.69, 9.17) is 9.84 Å². The highest BCUT2D eigenvalue weighted by molar-refractivity contribution is 7.92. The van der Waals surface area contributed by atoms with Gasteiger partial charge in [-0.25, -0.2) is 8.42 Å². The molecule has 1 aliphatic carbocycles. The highest BCUT2D eigenvalue weighted by Gasteiger charge is 2.37. The molecule has 1 heterocycles. The molecule has 0 spiro atoms. The van der Waals surface area contributed by atoms with E-state index in [1.165, 1.54) is 0 Å². The molecule has 0 aromatic heterocycles. The van der Waals surface area contributed by atoms with Crippen LogP contribution in [-0.2, 0) is 24.2 Å². The third kappa shape index (κ3) is 4.16. The highest BCUT2D eigenvalue weighted by atomic mass is 32.2. The molecule has 1 saturated heterocycles. The van der Waals surface area contributed by atoms with E-state index in [0.29, 0.717) is 13.0 Å². The van der Waals surface area contributed by atoms with Crippen LogP contribution < -0.4 is 0 Å². The van der Waals surface area contributed by atoms with E-state index in [1.807, 2.05) is 0 Å². The van der Waals surface area contributed by atoms with Gasteiger partial charge in [0.1, 0.15) is 6.10 Å². The Kier molecular flexibility index (Phi) is 4.88. The number of morpholine rings is 1. The average molecular weight is 319 g/mol. The van der Waals surface area contributed by atoms with Crippen molar-refractivity contribution in [2.24, 2.45) is 0 Å². The smallest absolute Gasteiger partial charge is 0.306 e. The second-order valence-corrected chi connectivity index (χ2v) is 8.09. The van der Waals surface area contributed by atoms with Gasteiger partial charge in [-0.1, -0.05) is 0 Å². The number of nitrogens with zero attached hydrogens (tertiary/aromatic N) is 1. The van der Waals surface area contributed by atoms with Crippen molar-refractivity contribution >= 4 is 21.7 Å². The van der Waals surface area contributed by atoms with Crippen molar-refractivity contribution in [2.75, 3.05) is 18.9 Å². The zero-order chi connectivity index (χ0) is 15.6. The van der Waals surface area contributed by atoms with Gasteiger partial charge < -0.3 is 14.7 Å². The Balaban J connectivity index is 1.90. The number of carbonyl (C=O) groups is 2. The molecule has 120 valence electrons. The molecule has 0 aromatic carbocycles. The van der Waals surface area contributed by atoms with Gasteiger partial charge in [0.25, 0.3) is 5.91 Å². The molecule has 2 atom stereocenters. The summed E-state index contributed by atoms with van der Waals surface area (Å²) in [6.45, 7) is 2.45. The fraction of sp³-hybridized carbons (Fsp3) is 0.846. The second kappa shape index (κ2) is 6.31. The highest BCUT2D eigenvalue weighted by Crippen LogP contribution is 2.29. The number of rotatable bonds is 7. The number of hydrogen-bond acceptors (Lipinski definition) is 5. The lowest BCUT2D eigenvalue weighted by Gasteiger charge is -2.36. The lowest BCUT2D eigenvalue weighted by Crippen LogP contribution is -2.52. The average Bonchev–Trinajstić information content (AvgIpc) is 3.23. The number of ether oxygens (including phenoxy) is 1. The van der Waals surface area contributed by atoms with Crippen LogP contribution in [0, 0.1) is 0 Å². The number of amides is 1. The monoisotopic (exact) mass is 319 g/mol. The maximum Gasteiger partial charge on any atom is 0.306 e. The maximum atomic E-state index is 12.2. The molecule has 0 aromatic rings. The molecule has 1 aliphatic heterocycles. The summed E-state index contributed by atoms with van der Waals surface area (Å²) in [5.41, 5.74) is 0. The molecule has 2 rings (SSSR count). The van der Waals surface area contributed by atoms with Crippen LogP contribution in [0.4, 0.5) is 0 Å².